The Morgan fingerprint density at radius 3 is 2.47 bits per heavy atom. The number of hydrogen-bond donors (Lipinski definition) is 0. The molecule has 0 unspecified atom stereocenters. The second-order valence-electron chi connectivity index (χ2n) is 7.72. The number of benzene rings is 2. The molecule has 0 N–H and O–H groups in total. The van der Waals surface area contributed by atoms with Crippen LogP contribution in [0.2, 0.25) is 5.02 Å². The molecule has 0 atom stereocenters. The largest absolute Gasteiger partial charge is 0.420 e. The highest BCUT2D eigenvalue weighted by Gasteiger charge is 2.20. The minimum atomic E-state index is 0.423. The molecule has 1 fully saturated rings. The normalized spacial score (nSPS) is 14.3. The summed E-state index contributed by atoms with van der Waals surface area (Å²) in [4.78, 5) is 2.44. The number of nitrogens with zero attached hydrogens (tertiary/aromatic N) is 6. The lowest BCUT2D eigenvalue weighted by atomic mass is 10.2. The van der Waals surface area contributed by atoms with Crippen molar-refractivity contribution < 1.29 is 4.42 Å². The maximum atomic E-state index is 6.25. The highest BCUT2D eigenvalue weighted by molar-refractivity contribution is 7.98. The van der Waals surface area contributed by atoms with Crippen molar-refractivity contribution in [2.45, 2.75) is 36.8 Å². The molecular weight excluding hydrogens is 444 g/mol. The highest BCUT2D eigenvalue weighted by atomic mass is 35.5. The van der Waals surface area contributed by atoms with E-state index in [9.17, 15) is 0 Å². The summed E-state index contributed by atoms with van der Waals surface area (Å²) in [5.74, 6) is 2.45. The predicted octanol–water partition coefficient (Wildman–Crippen LogP) is 4.92. The second kappa shape index (κ2) is 9.85. The topological polar surface area (TPSA) is 72.9 Å². The van der Waals surface area contributed by atoms with Crippen LogP contribution in [0.1, 0.15) is 30.1 Å². The fraction of sp³-hybridized carbons (Fsp3) is 0.304. The molecule has 0 spiro atoms. The Morgan fingerprint density at radius 1 is 0.875 bits per heavy atom. The summed E-state index contributed by atoms with van der Waals surface area (Å²) in [6.07, 6.45) is 2.50. The van der Waals surface area contributed by atoms with Crippen molar-refractivity contribution >= 4 is 23.4 Å². The van der Waals surface area contributed by atoms with Crippen molar-refractivity contribution in [1.29, 1.82) is 0 Å². The maximum absolute atomic E-state index is 6.25. The highest BCUT2D eigenvalue weighted by Crippen LogP contribution is 2.28. The molecule has 2 aromatic heterocycles. The Labute approximate surface area is 195 Å². The van der Waals surface area contributed by atoms with Crippen molar-refractivity contribution in [2.75, 3.05) is 13.1 Å². The van der Waals surface area contributed by atoms with Gasteiger partial charge < -0.3 is 8.98 Å². The fourth-order valence-electron chi connectivity index (χ4n) is 3.79. The average molecular weight is 467 g/mol. The molecule has 3 heterocycles. The van der Waals surface area contributed by atoms with Gasteiger partial charge in [-0.2, -0.15) is 0 Å². The zero-order valence-electron chi connectivity index (χ0n) is 17.5. The van der Waals surface area contributed by atoms with Crippen LogP contribution in [0.4, 0.5) is 0 Å². The number of thioether (sulfide) groups is 1. The quantitative estimate of drug-likeness (QED) is 0.341. The van der Waals surface area contributed by atoms with Gasteiger partial charge in [-0.25, -0.2) is 0 Å². The average Bonchev–Trinajstić information content (AvgIpc) is 3.57. The third kappa shape index (κ3) is 4.87. The SMILES string of the molecule is Clc1ccccc1-c1nnc(CSc2nnc(CN3CCCC3)n2Cc2ccccc2)o1. The summed E-state index contributed by atoms with van der Waals surface area (Å²) in [5, 5.41) is 18.8. The van der Waals surface area contributed by atoms with E-state index in [2.05, 4.69) is 54.1 Å². The Morgan fingerprint density at radius 2 is 1.66 bits per heavy atom. The van der Waals surface area contributed by atoms with Gasteiger partial charge in [0, 0.05) is 0 Å². The first-order chi connectivity index (χ1) is 15.8. The van der Waals surface area contributed by atoms with Crippen molar-refractivity contribution in [3.05, 3.63) is 76.9 Å². The summed E-state index contributed by atoms with van der Waals surface area (Å²) in [7, 11) is 0. The molecule has 5 rings (SSSR count). The number of hydrogen-bond acceptors (Lipinski definition) is 7. The summed E-state index contributed by atoms with van der Waals surface area (Å²) in [5.41, 5.74) is 1.95. The number of likely N-dealkylation sites (tertiary alicyclic amines) is 1. The number of halogens is 1. The van der Waals surface area contributed by atoms with Gasteiger partial charge in [-0.05, 0) is 43.6 Å². The summed E-state index contributed by atoms with van der Waals surface area (Å²) < 4.78 is 8.05. The third-order valence-corrected chi connectivity index (χ3v) is 6.72. The van der Waals surface area contributed by atoms with Crippen LogP contribution in [-0.2, 0) is 18.8 Å². The van der Waals surface area contributed by atoms with Crippen LogP contribution < -0.4 is 0 Å². The number of rotatable bonds is 8. The van der Waals surface area contributed by atoms with Gasteiger partial charge in [-0.15, -0.1) is 20.4 Å². The van der Waals surface area contributed by atoms with Crippen LogP contribution in [0.15, 0.2) is 64.2 Å². The molecule has 1 aliphatic heterocycles. The molecular formula is C23H23ClN6OS. The molecule has 32 heavy (non-hydrogen) atoms. The Bertz CT molecular complexity index is 1170. The van der Waals surface area contributed by atoms with Crippen LogP contribution in [0.25, 0.3) is 11.5 Å². The Hall–Kier alpha value is -2.68. The van der Waals surface area contributed by atoms with Gasteiger partial charge in [0.05, 0.1) is 29.4 Å². The Kier molecular flexibility index (Phi) is 6.52. The van der Waals surface area contributed by atoms with Gasteiger partial charge in [0.15, 0.2) is 5.16 Å². The van der Waals surface area contributed by atoms with E-state index in [1.165, 1.54) is 18.4 Å². The Balaban J connectivity index is 1.34. The van der Waals surface area contributed by atoms with E-state index in [1.807, 2.05) is 30.3 Å². The van der Waals surface area contributed by atoms with E-state index < -0.39 is 0 Å². The molecule has 164 valence electrons. The molecule has 4 aromatic rings. The molecule has 1 aliphatic rings. The summed E-state index contributed by atoms with van der Waals surface area (Å²) >= 11 is 7.81. The van der Waals surface area contributed by atoms with Gasteiger partial charge in [0.25, 0.3) is 0 Å². The van der Waals surface area contributed by atoms with Crippen LogP contribution in [0, 0.1) is 0 Å². The standard InChI is InChI=1S/C23H23ClN6OS/c24-19-11-5-4-10-18(19)22-27-26-21(31-22)16-32-23-28-25-20(15-29-12-6-7-13-29)30(23)14-17-8-2-1-3-9-17/h1-5,8-11H,6-7,12-16H2. The molecule has 1 saturated heterocycles. The number of aromatic nitrogens is 5. The lowest BCUT2D eigenvalue weighted by Crippen LogP contribution is -2.21. The van der Waals surface area contributed by atoms with Crippen LogP contribution in [-0.4, -0.2) is 43.0 Å². The predicted molar refractivity (Wildman–Crippen MR) is 124 cm³/mol. The molecule has 0 radical (unpaired) electrons. The first-order valence-corrected chi connectivity index (χ1v) is 12.0. The van der Waals surface area contributed by atoms with Crippen LogP contribution in [0.5, 0.6) is 0 Å². The van der Waals surface area contributed by atoms with E-state index >= 15 is 0 Å². The van der Waals surface area contributed by atoms with Gasteiger partial charge in [0.2, 0.25) is 11.8 Å². The maximum Gasteiger partial charge on any atom is 0.249 e. The molecule has 9 heteroatoms. The van der Waals surface area contributed by atoms with E-state index in [1.54, 1.807) is 11.8 Å². The first-order valence-electron chi connectivity index (χ1n) is 10.6. The molecule has 7 nitrogen and oxygen atoms in total. The summed E-state index contributed by atoms with van der Waals surface area (Å²) in [6.45, 7) is 3.78. The van der Waals surface area contributed by atoms with Gasteiger partial charge in [-0.3, -0.25) is 4.90 Å². The lowest BCUT2D eigenvalue weighted by Gasteiger charge is -2.16. The molecule has 0 saturated carbocycles. The minimum absolute atomic E-state index is 0.423. The lowest BCUT2D eigenvalue weighted by molar-refractivity contribution is 0.316. The zero-order valence-corrected chi connectivity index (χ0v) is 19.1. The van der Waals surface area contributed by atoms with E-state index in [-0.39, 0.29) is 0 Å². The first kappa shape index (κ1) is 21.2. The van der Waals surface area contributed by atoms with Gasteiger partial charge >= 0.3 is 0 Å². The zero-order chi connectivity index (χ0) is 21.8. The summed E-state index contributed by atoms with van der Waals surface area (Å²) in [6, 6.07) is 17.8. The molecule has 0 bridgehead atoms. The molecule has 2 aromatic carbocycles. The second-order valence-corrected chi connectivity index (χ2v) is 9.07. The fourth-order valence-corrected chi connectivity index (χ4v) is 4.80. The van der Waals surface area contributed by atoms with Gasteiger partial charge in [0.1, 0.15) is 5.82 Å². The monoisotopic (exact) mass is 466 g/mol. The van der Waals surface area contributed by atoms with Crippen LogP contribution >= 0.6 is 23.4 Å². The van der Waals surface area contributed by atoms with Gasteiger partial charge in [-0.1, -0.05) is 65.8 Å². The molecule has 0 aliphatic carbocycles. The van der Waals surface area contributed by atoms with Crippen LogP contribution in [0.3, 0.4) is 0 Å². The smallest absolute Gasteiger partial charge is 0.249 e. The van der Waals surface area contributed by atoms with Crippen molar-refractivity contribution in [1.82, 2.24) is 29.9 Å². The molecule has 0 amide bonds. The van der Waals surface area contributed by atoms with Crippen molar-refractivity contribution in [2.24, 2.45) is 0 Å². The third-order valence-electron chi connectivity index (χ3n) is 5.44. The van der Waals surface area contributed by atoms with E-state index in [0.717, 1.165) is 42.7 Å². The van der Waals surface area contributed by atoms with E-state index in [0.29, 0.717) is 22.6 Å². The van der Waals surface area contributed by atoms with Crippen molar-refractivity contribution in [3.63, 3.8) is 0 Å². The van der Waals surface area contributed by atoms with E-state index in [4.69, 9.17) is 16.0 Å². The minimum Gasteiger partial charge on any atom is -0.420 e. The van der Waals surface area contributed by atoms with Crippen molar-refractivity contribution in [3.8, 4) is 11.5 Å².